The summed E-state index contributed by atoms with van der Waals surface area (Å²) in [5.41, 5.74) is 6.77. The Kier molecular flexibility index (Phi) is 13.1. The van der Waals surface area contributed by atoms with E-state index in [1.165, 1.54) is 22.6 Å². The number of pyridine rings is 1. The van der Waals surface area contributed by atoms with Crippen molar-refractivity contribution in [1.82, 2.24) is 4.98 Å². The zero-order valence-electron chi connectivity index (χ0n) is 22.2. The van der Waals surface area contributed by atoms with Gasteiger partial charge in [-0.1, -0.05) is 65.8 Å². The monoisotopic (exact) mass is 651 g/mol. The molecule has 191 valence electrons. The number of rotatable bonds is 8. The maximum Gasteiger partial charge on any atom is 0.162 e. The van der Waals surface area contributed by atoms with Gasteiger partial charge in [-0.05, 0) is 49.9 Å². The van der Waals surface area contributed by atoms with Crippen LogP contribution in [0, 0.1) is 38.7 Å². The van der Waals surface area contributed by atoms with Crippen molar-refractivity contribution < 1.29 is 30.0 Å². The van der Waals surface area contributed by atoms with Crippen LogP contribution in [0.2, 0.25) is 0 Å². The summed E-state index contributed by atoms with van der Waals surface area (Å²) in [4.78, 5) is 16.5. The Morgan fingerprint density at radius 1 is 0.943 bits per heavy atom. The average Bonchev–Trinajstić information content (AvgIpc) is 2.80. The number of carbonyl (C=O) groups excluding carboxylic acids is 1. The van der Waals surface area contributed by atoms with Gasteiger partial charge in [0, 0.05) is 43.4 Å². The Labute approximate surface area is 225 Å². The van der Waals surface area contributed by atoms with E-state index in [-0.39, 0.29) is 43.5 Å². The van der Waals surface area contributed by atoms with Crippen molar-refractivity contribution in [1.29, 1.82) is 0 Å². The average molecular weight is 651 g/mol. The molecule has 3 aromatic rings. The second kappa shape index (κ2) is 15.0. The number of nitrogens with zero attached hydrogens (tertiary/aromatic N) is 1. The van der Waals surface area contributed by atoms with Crippen LogP contribution in [0.25, 0.3) is 22.2 Å². The molecular weight excluding hydrogens is 611 g/mol. The summed E-state index contributed by atoms with van der Waals surface area (Å²) < 4.78 is 0. The van der Waals surface area contributed by atoms with Gasteiger partial charge in [0.1, 0.15) is 0 Å². The largest absolute Gasteiger partial charge is 0.512 e. The number of fused-ring (bicyclic) bond motifs is 1. The molecule has 0 atom stereocenters. The fraction of sp³-hybridized carbons (Fsp3) is 0.419. The van der Waals surface area contributed by atoms with E-state index in [4.69, 9.17) is 4.98 Å². The molecule has 1 N–H and O–H groups in total. The van der Waals surface area contributed by atoms with Crippen molar-refractivity contribution in [3.63, 3.8) is 0 Å². The molecule has 0 unspecified atom stereocenters. The number of hydrogen-bond acceptors (Lipinski definition) is 3. The van der Waals surface area contributed by atoms with Gasteiger partial charge in [-0.15, -0.1) is 34.9 Å². The van der Waals surface area contributed by atoms with Crippen LogP contribution in [0.5, 0.6) is 0 Å². The van der Waals surface area contributed by atoms with Gasteiger partial charge in [-0.25, -0.2) is 0 Å². The molecule has 1 heterocycles. The van der Waals surface area contributed by atoms with Crippen molar-refractivity contribution >= 4 is 16.7 Å². The van der Waals surface area contributed by atoms with Crippen molar-refractivity contribution in [2.45, 2.75) is 74.1 Å². The van der Waals surface area contributed by atoms with Crippen molar-refractivity contribution in [3.05, 3.63) is 77.1 Å². The smallest absolute Gasteiger partial charge is 0.162 e. The molecule has 4 heteroatoms. The molecule has 0 aliphatic heterocycles. The minimum absolute atomic E-state index is 0. The molecule has 0 bridgehead atoms. The Hall–Kier alpha value is -2.29. The minimum Gasteiger partial charge on any atom is -0.512 e. The molecule has 2 aromatic carbocycles. The van der Waals surface area contributed by atoms with Gasteiger partial charge in [-0.2, -0.15) is 0 Å². The van der Waals surface area contributed by atoms with Gasteiger partial charge < -0.3 is 5.11 Å². The van der Waals surface area contributed by atoms with Gasteiger partial charge in [-0.3, -0.25) is 9.78 Å². The second-order valence-corrected chi connectivity index (χ2v) is 9.09. The Morgan fingerprint density at radius 2 is 1.57 bits per heavy atom. The van der Waals surface area contributed by atoms with Crippen LogP contribution in [0.15, 0.2) is 54.3 Å². The molecular formula is C31H40IrNO2-. The van der Waals surface area contributed by atoms with Gasteiger partial charge >= 0.3 is 0 Å². The third kappa shape index (κ3) is 8.70. The maximum absolute atomic E-state index is 11.7. The van der Waals surface area contributed by atoms with Gasteiger partial charge in [0.2, 0.25) is 0 Å². The van der Waals surface area contributed by atoms with Gasteiger partial charge in [0.05, 0.1) is 11.3 Å². The third-order valence-corrected chi connectivity index (χ3v) is 6.46. The summed E-state index contributed by atoms with van der Waals surface area (Å²) in [6, 6.07) is 18.1. The number of hydrogen-bond donors (Lipinski definition) is 1. The quantitative estimate of drug-likeness (QED) is 0.151. The van der Waals surface area contributed by atoms with E-state index >= 15 is 0 Å². The number of ketones is 1. The molecule has 1 aromatic heterocycles. The van der Waals surface area contributed by atoms with Crippen LogP contribution < -0.4 is 0 Å². The molecule has 3 rings (SSSR count). The first-order chi connectivity index (χ1) is 16.2. The third-order valence-electron chi connectivity index (χ3n) is 6.46. The first kappa shape index (κ1) is 30.7. The molecule has 0 aliphatic carbocycles. The normalized spacial score (nSPS) is 11.3. The summed E-state index contributed by atoms with van der Waals surface area (Å²) in [5, 5.41) is 11.0. The predicted molar refractivity (Wildman–Crippen MR) is 144 cm³/mol. The summed E-state index contributed by atoms with van der Waals surface area (Å²) in [5.74, 6) is 0.547. The molecule has 0 spiro atoms. The Bertz CT molecular complexity index is 1110. The SMILES string of the molecule is CCC(CC)C(=O)C=C(O)C(CC)CC.Cc1[c-]c(-c2ccc3c(C)cccc3n2)cc(C)c1.[Ir]. The molecule has 3 nitrogen and oxygen atoms in total. The molecule has 0 aliphatic rings. The maximum atomic E-state index is 11.7. The number of allylic oxidation sites excluding steroid dienone is 2. The number of carbonyl (C=O) groups is 1. The van der Waals surface area contributed by atoms with E-state index in [0.29, 0.717) is 0 Å². The number of benzene rings is 2. The topological polar surface area (TPSA) is 50.2 Å². The van der Waals surface area contributed by atoms with E-state index in [2.05, 4.69) is 69.3 Å². The Balaban J connectivity index is 0.000000352. The van der Waals surface area contributed by atoms with Crippen LogP contribution >= 0.6 is 0 Å². The van der Waals surface area contributed by atoms with Crippen molar-refractivity contribution in [3.8, 4) is 11.3 Å². The zero-order chi connectivity index (χ0) is 25.3. The fourth-order valence-electron chi connectivity index (χ4n) is 4.27. The second-order valence-electron chi connectivity index (χ2n) is 9.09. The van der Waals surface area contributed by atoms with Crippen LogP contribution in [0.3, 0.4) is 0 Å². The van der Waals surface area contributed by atoms with Crippen molar-refractivity contribution in [2.24, 2.45) is 11.8 Å². The fourth-order valence-corrected chi connectivity index (χ4v) is 4.27. The van der Waals surface area contributed by atoms with E-state index in [1.54, 1.807) is 0 Å². The minimum atomic E-state index is 0. The molecule has 0 fully saturated rings. The molecule has 1 radical (unpaired) electrons. The first-order valence-corrected chi connectivity index (χ1v) is 12.6. The Morgan fingerprint density at radius 3 is 2.14 bits per heavy atom. The number of aromatic nitrogens is 1. The first-order valence-electron chi connectivity index (χ1n) is 12.6. The van der Waals surface area contributed by atoms with Gasteiger partial charge in [0.25, 0.3) is 0 Å². The van der Waals surface area contributed by atoms with Crippen LogP contribution in [-0.2, 0) is 24.9 Å². The van der Waals surface area contributed by atoms with E-state index < -0.39 is 0 Å². The van der Waals surface area contributed by atoms with Gasteiger partial charge in [0.15, 0.2) is 5.78 Å². The standard InChI is InChI=1S/C18H16N.C13H24O2.Ir/c1-12-9-13(2)11-15(10-12)17-8-7-16-14(3)5-4-6-18(16)19-17;1-5-10(6-2)12(14)9-13(15)11(7-3)8-4;/h4-10H,1-3H3;9-11,14H,5-8H2,1-4H3;/q-1;;. The molecule has 0 saturated heterocycles. The number of aliphatic hydroxyl groups is 1. The van der Waals surface area contributed by atoms with Crippen molar-refractivity contribution in [2.75, 3.05) is 0 Å². The summed E-state index contributed by atoms with van der Waals surface area (Å²) in [7, 11) is 0. The molecule has 0 amide bonds. The van der Waals surface area contributed by atoms with Crippen LogP contribution in [-0.4, -0.2) is 15.9 Å². The predicted octanol–water partition coefficient (Wildman–Crippen LogP) is 8.49. The zero-order valence-corrected chi connectivity index (χ0v) is 24.6. The van der Waals surface area contributed by atoms with E-state index in [9.17, 15) is 9.90 Å². The van der Waals surface area contributed by atoms with E-state index in [1.807, 2.05) is 27.7 Å². The van der Waals surface area contributed by atoms with Crippen LogP contribution in [0.4, 0.5) is 0 Å². The summed E-state index contributed by atoms with van der Waals surface area (Å²) >= 11 is 0. The molecule has 35 heavy (non-hydrogen) atoms. The summed E-state index contributed by atoms with van der Waals surface area (Å²) in [6.07, 6.45) is 4.91. The number of aryl methyl sites for hydroxylation is 3. The number of aliphatic hydroxyl groups excluding tert-OH is 1. The summed E-state index contributed by atoms with van der Waals surface area (Å²) in [6.45, 7) is 14.4. The van der Waals surface area contributed by atoms with Crippen LogP contribution in [0.1, 0.15) is 70.1 Å². The molecule has 0 saturated carbocycles. The van der Waals surface area contributed by atoms with E-state index in [0.717, 1.165) is 48.0 Å².